The van der Waals surface area contributed by atoms with Crippen molar-refractivity contribution < 1.29 is 9.13 Å². The van der Waals surface area contributed by atoms with E-state index in [9.17, 15) is 4.39 Å². The monoisotopic (exact) mass is 270 g/mol. The van der Waals surface area contributed by atoms with E-state index in [2.05, 4.69) is 0 Å². The van der Waals surface area contributed by atoms with Gasteiger partial charge in [0.15, 0.2) is 11.6 Å². The summed E-state index contributed by atoms with van der Waals surface area (Å²) in [4.78, 5) is 0. The molecular weight excluding hydrogens is 262 g/mol. The molecular formula is C13H9Cl2FO. The van der Waals surface area contributed by atoms with Crippen molar-refractivity contribution in [3.63, 3.8) is 0 Å². The van der Waals surface area contributed by atoms with Crippen LogP contribution >= 0.6 is 23.2 Å². The summed E-state index contributed by atoms with van der Waals surface area (Å²) in [6, 6.07) is 9.81. The van der Waals surface area contributed by atoms with Gasteiger partial charge in [0, 0.05) is 10.0 Å². The van der Waals surface area contributed by atoms with E-state index < -0.39 is 5.82 Å². The quantitative estimate of drug-likeness (QED) is 0.761. The Morgan fingerprint density at radius 2 is 1.59 bits per heavy atom. The number of ether oxygens (including phenoxy) is 1. The molecule has 88 valence electrons. The van der Waals surface area contributed by atoms with Crippen LogP contribution in [0.3, 0.4) is 0 Å². The van der Waals surface area contributed by atoms with E-state index >= 15 is 0 Å². The Morgan fingerprint density at radius 3 is 2.12 bits per heavy atom. The Hall–Kier alpha value is -1.25. The molecule has 0 aliphatic carbocycles. The smallest absolute Gasteiger partial charge is 0.165 e. The van der Waals surface area contributed by atoms with Gasteiger partial charge in [-0.05, 0) is 41.5 Å². The highest BCUT2D eigenvalue weighted by molar-refractivity contribution is 6.35. The Balaban J connectivity index is 2.49. The van der Waals surface area contributed by atoms with Crippen LogP contribution in [0.15, 0.2) is 36.4 Å². The van der Waals surface area contributed by atoms with E-state index in [1.165, 1.54) is 13.2 Å². The fraction of sp³-hybridized carbons (Fsp3) is 0.0769. The molecule has 0 saturated carbocycles. The molecule has 0 saturated heterocycles. The van der Waals surface area contributed by atoms with Crippen molar-refractivity contribution in [3.8, 4) is 16.9 Å². The summed E-state index contributed by atoms with van der Waals surface area (Å²) in [5.41, 5.74) is 1.47. The molecule has 0 unspecified atom stereocenters. The van der Waals surface area contributed by atoms with Crippen molar-refractivity contribution in [3.05, 3.63) is 52.3 Å². The van der Waals surface area contributed by atoms with Crippen LogP contribution in [0.1, 0.15) is 0 Å². The average Bonchev–Trinajstić information content (AvgIpc) is 2.27. The summed E-state index contributed by atoms with van der Waals surface area (Å²) in [7, 11) is 1.42. The predicted octanol–water partition coefficient (Wildman–Crippen LogP) is 4.81. The van der Waals surface area contributed by atoms with Crippen LogP contribution in [-0.4, -0.2) is 7.11 Å². The third-order valence-corrected chi connectivity index (χ3v) is 2.78. The molecule has 0 fully saturated rings. The van der Waals surface area contributed by atoms with Crippen molar-refractivity contribution >= 4 is 23.2 Å². The van der Waals surface area contributed by atoms with Gasteiger partial charge in [0.1, 0.15) is 0 Å². The largest absolute Gasteiger partial charge is 0.494 e. The molecule has 2 aromatic rings. The number of hydrogen-bond donors (Lipinski definition) is 0. The molecule has 0 amide bonds. The van der Waals surface area contributed by atoms with E-state index in [4.69, 9.17) is 27.9 Å². The molecule has 0 atom stereocenters. The molecule has 0 aliphatic heterocycles. The highest BCUT2D eigenvalue weighted by Gasteiger charge is 2.06. The van der Waals surface area contributed by atoms with Crippen LogP contribution in [0, 0.1) is 5.82 Å². The lowest BCUT2D eigenvalue weighted by molar-refractivity contribution is 0.386. The van der Waals surface area contributed by atoms with Gasteiger partial charge in [-0.2, -0.15) is 0 Å². The van der Waals surface area contributed by atoms with Crippen LogP contribution in [-0.2, 0) is 0 Å². The van der Waals surface area contributed by atoms with Gasteiger partial charge < -0.3 is 4.74 Å². The first kappa shape index (κ1) is 12.2. The molecule has 0 heterocycles. The number of benzene rings is 2. The first-order valence-electron chi connectivity index (χ1n) is 4.90. The third kappa shape index (κ3) is 2.71. The lowest BCUT2D eigenvalue weighted by Gasteiger charge is -2.06. The van der Waals surface area contributed by atoms with E-state index in [-0.39, 0.29) is 5.75 Å². The van der Waals surface area contributed by atoms with Crippen LogP contribution in [0.4, 0.5) is 4.39 Å². The van der Waals surface area contributed by atoms with Gasteiger partial charge in [0.2, 0.25) is 0 Å². The van der Waals surface area contributed by atoms with Crippen LogP contribution < -0.4 is 4.74 Å². The second-order valence-electron chi connectivity index (χ2n) is 3.51. The van der Waals surface area contributed by atoms with E-state index in [0.29, 0.717) is 15.6 Å². The van der Waals surface area contributed by atoms with E-state index in [1.54, 1.807) is 30.3 Å². The van der Waals surface area contributed by atoms with E-state index in [0.717, 1.165) is 5.56 Å². The Bertz CT molecular complexity index is 535. The molecule has 1 nitrogen and oxygen atoms in total. The van der Waals surface area contributed by atoms with Crippen LogP contribution in [0.2, 0.25) is 10.0 Å². The van der Waals surface area contributed by atoms with Crippen molar-refractivity contribution in [2.24, 2.45) is 0 Å². The van der Waals surface area contributed by atoms with Crippen LogP contribution in [0.5, 0.6) is 5.75 Å². The number of rotatable bonds is 2. The summed E-state index contributed by atoms with van der Waals surface area (Å²) in [6.45, 7) is 0. The van der Waals surface area contributed by atoms with Gasteiger partial charge in [-0.25, -0.2) is 4.39 Å². The zero-order valence-electron chi connectivity index (χ0n) is 9.01. The molecule has 17 heavy (non-hydrogen) atoms. The lowest BCUT2D eigenvalue weighted by Crippen LogP contribution is -1.88. The second kappa shape index (κ2) is 4.94. The third-order valence-electron chi connectivity index (χ3n) is 2.35. The molecule has 0 bridgehead atoms. The average molecular weight is 271 g/mol. The highest BCUT2D eigenvalue weighted by atomic mass is 35.5. The van der Waals surface area contributed by atoms with Gasteiger partial charge in [-0.15, -0.1) is 0 Å². The molecule has 0 aliphatic rings. The zero-order valence-corrected chi connectivity index (χ0v) is 10.5. The number of halogens is 3. The van der Waals surface area contributed by atoms with Crippen molar-refractivity contribution in [2.45, 2.75) is 0 Å². The lowest BCUT2D eigenvalue weighted by atomic mass is 10.1. The maximum Gasteiger partial charge on any atom is 0.165 e. The molecule has 2 rings (SSSR count). The van der Waals surface area contributed by atoms with E-state index in [1.807, 2.05) is 0 Å². The first-order valence-corrected chi connectivity index (χ1v) is 5.66. The van der Waals surface area contributed by atoms with Crippen molar-refractivity contribution in [1.82, 2.24) is 0 Å². The second-order valence-corrected chi connectivity index (χ2v) is 4.38. The summed E-state index contributed by atoms with van der Waals surface area (Å²) in [5, 5.41) is 1.03. The van der Waals surface area contributed by atoms with Crippen LogP contribution in [0.25, 0.3) is 11.1 Å². The van der Waals surface area contributed by atoms with Crippen molar-refractivity contribution in [2.75, 3.05) is 7.11 Å². The maximum absolute atomic E-state index is 13.5. The molecule has 4 heteroatoms. The highest BCUT2D eigenvalue weighted by Crippen LogP contribution is 2.29. The van der Waals surface area contributed by atoms with Gasteiger partial charge in [-0.3, -0.25) is 0 Å². The number of hydrogen-bond acceptors (Lipinski definition) is 1. The number of methoxy groups -OCH3 is 1. The minimum atomic E-state index is -0.416. The topological polar surface area (TPSA) is 9.23 Å². The van der Waals surface area contributed by atoms with Gasteiger partial charge in [0.25, 0.3) is 0 Å². The first-order chi connectivity index (χ1) is 8.10. The SMILES string of the molecule is COc1ccc(-c2cc(Cl)cc(Cl)c2)cc1F. The van der Waals surface area contributed by atoms with Gasteiger partial charge in [-0.1, -0.05) is 29.3 Å². The minimum Gasteiger partial charge on any atom is -0.494 e. The Labute approximate surface area is 109 Å². The standard InChI is InChI=1S/C13H9Cl2FO/c1-17-13-3-2-8(6-12(13)16)9-4-10(14)7-11(15)5-9/h2-7H,1H3. The van der Waals surface area contributed by atoms with Gasteiger partial charge in [0.05, 0.1) is 7.11 Å². The molecule has 0 spiro atoms. The maximum atomic E-state index is 13.5. The Kier molecular flexibility index (Phi) is 3.55. The molecule has 0 N–H and O–H groups in total. The zero-order chi connectivity index (χ0) is 12.4. The molecule has 0 radical (unpaired) electrons. The predicted molar refractivity (Wildman–Crippen MR) is 68.4 cm³/mol. The minimum absolute atomic E-state index is 0.210. The Morgan fingerprint density at radius 1 is 0.941 bits per heavy atom. The summed E-state index contributed by atoms with van der Waals surface area (Å²) >= 11 is 11.8. The summed E-state index contributed by atoms with van der Waals surface area (Å²) in [5.74, 6) is -0.206. The molecule has 0 aromatic heterocycles. The molecule has 2 aromatic carbocycles. The van der Waals surface area contributed by atoms with Crippen molar-refractivity contribution in [1.29, 1.82) is 0 Å². The summed E-state index contributed by atoms with van der Waals surface area (Å²) < 4.78 is 18.4. The fourth-order valence-electron chi connectivity index (χ4n) is 1.57. The normalized spacial score (nSPS) is 10.4. The fourth-order valence-corrected chi connectivity index (χ4v) is 2.09. The van der Waals surface area contributed by atoms with Gasteiger partial charge >= 0.3 is 0 Å². The summed E-state index contributed by atoms with van der Waals surface area (Å²) in [6.07, 6.45) is 0.